The van der Waals surface area contributed by atoms with Gasteiger partial charge in [0, 0.05) is 18.7 Å². The van der Waals surface area contributed by atoms with Crippen LogP contribution in [0.1, 0.15) is 61.3 Å². The average molecular weight is 409 g/mol. The fourth-order valence-corrected chi connectivity index (χ4v) is 5.37. The molecule has 5 heteroatoms. The SMILES string of the molecule is CCC(c1nc2c(c(=O)n1Cc1ccccc1)CCC2)N1CCCC(CN(C)C)C1. The summed E-state index contributed by atoms with van der Waals surface area (Å²) in [5, 5.41) is 0. The first-order valence-corrected chi connectivity index (χ1v) is 11.6. The topological polar surface area (TPSA) is 41.4 Å². The van der Waals surface area contributed by atoms with Crippen LogP contribution in [0.3, 0.4) is 0 Å². The van der Waals surface area contributed by atoms with E-state index in [1.54, 1.807) is 0 Å². The maximum absolute atomic E-state index is 13.5. The molecule has 1 aromatic carbocycles. The van der Waals surface area contributed by atoms with Gasteiger partial charge in [-0.25, -0.2) is 4.98 Å². The molecule has 5 nitrogen and oxygen atoms in total. The van der Waals surface area contributed by atoms with Crippen molar-refractivity contribution in [2.24, 2.45) is 5.92 Å². The Bertz CT molecular complexity index is 905. The third-order valence-electron chi connectivity index (χ3n) is 6.70. The Morgan fingerprint density at radius 2 is 1.97 bits per heavy atom. The van der Waals surface area contributed by atoms with Crippen molar-refractivity contribution >= 4 is 0 Å². The van der Waals surface area contributed by atoms with Crippen LogP contribution in [0, 0.1) is 5.92 Å². The smallest absolute Gasteiger partial charge is 0.257 e. The highest BCUT2D eigenvalue weighted by Crippen LogP contribution is 2.30. The van der Waals surface area contributed by atoms with E-state index in [4.69, 9.17) is 4.98 Å². The van der Waals surface area contributed by atoms with E-state index in [9.17, 15) is 4.79 Å². The van der Waals surface area contributed by atoms with Crippen molar-refractivity contribution in [3.63, 3.8) is 0 Å². The first kappa shape index (κ1) is 21.3. The van der Waals surface area contributed by atoms with E-state index in [-0.39, 0.29) is 11.6 Å². The molecule has 30 heavy (non-hydrogen) atoms. The third-order valence-corrected chi connectivity index (χ3v) is 6.70. The first-order valence-electron chi connectivity index (χ1n) is 11.6. The zero-order valence-corrected chi connectivity index (χ0v) is 18.8. The second-order valence-corrected chi connectivity index (χ2v) is 9.32. The van der Waals surface area contributed by atoms with Gasteiger partial charge >= 0.3 is 0 Å². The van der Waals surface area contributed by atoms with Crippen LogP contribution in [0.4, 0.5) is 0 Å². The van der Waals surface area contributed by atoms with Crippen molar-refractivity contribution in [3.8, 4) is 0 Å². The van der Waals surface area contributed by atoms with Crippen molar-refractivity contribution in [1.29, 1.82) is 0 Å². The standard InChI is InChI=1S/C25H36N4O/c1-4-23(28-15-9-12-20(17-28)16-27(2)3)24-26-22-14-8-13-21(22)25(30)29(24)18-19-10-6-5-7-11-19/h5-7,10-11,20,23H,4,8-9,12-18H2,1-3H3. The summed E-state index contributed by atoms with van der Waals surface area (Å²) in [6.45, 7) is 6.17. The Hall–Kier alpha value is -1.98. The molecule has 0 radical (unpaired) electrons. The van der Waals surface area contributed by atoms with Gasteiger partial charge in [-0.3, -0.25) is 14.3 Å². The van der Waals surface area contributed by atoms with Crippen LogP contribution in [0.15, 0.2) is 35.1 Å². The van der Waals surface area contributed by atoms with Gasteiger partial charge in [0.25, 0.3) is 5.56 Å². The zero-order chi connectivity index (χ0) is 21.1. The molecule has 1 aliphatic heterocycles. The molecule has 1 fully saturated rings. The summed E-state index contributed by atoms with van der Waals surface area (Å²) in [6, 6.07) is 10.6. The summed E-state index contributed by atoms with van der Waals surface area (Å²) in [6.07, 6.45) is 6.37. The van der Waals surface area contributed by atoms with Gasteiger partial charge in [-0.15, -0.1) is 0 Å². The van der Waals surface area contributed by atoms with Gasteiger partial charge in [0.15, 0.2) is 0 Å². The lowest BCUT2D eigenvalue weighted by Gasteiger charge is -2.39. The molecule has 2 aromatic rings. The Morgan fingerprint density at radius 3 is 2.70 bits per heavy atom. The molecule has 0 spiro atoms. The summed E-state index contributed by atoms with van der Waals surface area (Å²) in [7, 11) is 4.33. The molecule has 0 saturated carbocycles. The largest absolute Gasteiger partial charge is 0.309 e. The van der Waals surface area contributed by atoms with Crippen LogP contribution in [0.2, 0.25) is 0 Å². The second-order valence-electron chi connectivity index (χ2n) is 9.32. The number of likely N-dealkylation sites (tertiary alicyclic amines) is 1. The summed E-state index contributed by atoms with van der Waals surface area (Å²) in [5.74, 6) is 1.67. The van der Waals surface area contributed by atoms with Gasteiger partial charge in [0.2, 0.25) is 0 Å². The van der Waals surface area contributed by atoms with Crippen LogP contribution >= 0.6 is 0 Å². The summed E-state index contributed by atoms with van der Waals surface area (Å²) >= 11 is 0. The number of nitrogens with zero attached hydrogens (tertiary/aromatic N) is 4. The number of rotatable bonds is 7. The number of benzene rings is 1. The lowest BCUT2D eigenvalue weighted by atomic mass is 9.95. The summed E-state index contributed by atoms with van der Waals surface area (Å²) in [5.41, 5.74) is 3.37. The van der Waals surface area contributed by atoms with E-state index in [2.05, 4.69) is 55.1 Å². The first-order chi connectivity index (χ1) is 14.6. The van der Waals surface area contributed by atoms with E-state index in [1.807, 2.05) is 10.6 Å². The summed E-state index contributed by atoms with van der Waals surface area (Å²) < 4.78 is 1.99. The molecular formula is C25H36N4O. The minimum atomic E-state index is 0.191. The number of fused-ring (bicyclic) bond motifs is 1. The molecule has 1 aliphatic carbocycles. The highest BCUT2D eigenvalue weighted by atomic mass is 16.1. The Kier molecular flexibility index (Phi) is 6.69. The fraction of sp³-hybridized carbons (Fsp3) is 0.600. The normalized spacial score (nSPS) is 20.5. The minimum absolute atomic E-state index is 0.191. The van der Waals surface area contributed by atoms with Crippen LogP contribution in [-0.4, -0.2) is 53.1 Å². The molecule has 2 atom stereocenters. The Labute approximate surface area is 180 Å². The molecule has 0 N–H and O–H groups in total. The van der Waals surface area contributed by atoms with Crippen LogP contribution in [0.5, 0.6) is 0 Å². The molecule has 0 bridgehead atoms. The van der Waals surface area contributed by atoms with Crippen LogP contribution in [-0.2, 0) is 19.4 Å². The van der Waals surface area contributed by atoms with Gasteiger partial charge in [-0.05, 0) is 70.6 Å². The van der Waals surface area contributed by atoms with Crippen molar-refractivity contribution < 1.29 is 0 Å². The lowest BCUT2D eigenvalue weighted by Crippen LogP contribution is -2.43. The fourth-order valence-electron chi connectivity index (χ4n) is 5.37. The molecule has 4 rings (SSSR count). The van der Waals surface area contributed by atoms with Gasteiger partial charge in [0.05, 0.1) is 18.3 Å². The average Bonchev–Trinajstić information content (AvgIpc) is 3.21. The van der Waals surface area contributed by atoms with Gasteiger partial charge in [-0.1, -0.05) is 37.3 Å². The third kappa shape index (κ3) is 4.52. The van der Waals surface area contributed by atoms with E-state index >= 15 is 0 Å². The quantitative estimate of drug-likeness (QED) is 0.703. The van der Waals surface area contributed by atoms with Crippen molar-refractivity contribution in [3.05, 3.63) is 63.3 Å². The maximum Gasteiger partial charge on any atom is 0.257 e. The Morgan fingerprint density at radius 1 is 1.17 bits per heavy atom. The molecule has 2 aliphatic rings. The number of hydrogen-bond donors (Lipinski definition) is 0. The molecule has 2 heterocycles. The zero-order valence-electron chi connectivity index (χ0n) is 18.8. The second kappa shape index (κ2) is 9.44. The van der Waals surface area contributed by atoms with Gasteiger partial charge in [-0.2, -0.15) is 0 Å². The van der Waals surface area contributed by atoms with Crippen molar-refractivity contribution in [2.75, 3.05) is 33.7 Å². The molecule has 2 unspecified atom stereocenters. The molecule has 1 saturated heterocycles. The van der Waals surface area contributed by atoms with Crippen LogP contribution < -0.4 is 5.56 Å². The van der Waals surface area contributed by atoms with Crippen LogP contribution in [0.25, 0.3) is 0 Å². The highest BCUT2D eigenvalue weighted by Gasteiger charge is 2.31. The highest BCUT2D eigenvalue weighted by molar-refractivity contribution is 5.26. The molecule has 1 aromatic heterocycles. The van der Waals surface area contributed by atoms with E-state index in [0.717, 1.165) is 62.4 Å². The van der Waals surface area contributed by atoms with E-state index < -0.39 is 0 Å². The van der Waals surface area contributed by atoms with Gasteiger partial charge in [0.1, 0.15) is 5.82 Å². The van der Waals surface area contributed by atoms with E-state index in [1.165, 1.54) is 18.4 Å². The van der Waals surface area contributed by atoms with Crippen molar-refractivity contribution in [1.82, 2.24) is 19.4 Å². The predicted molar refractivity (Wildman–Crippen MR) is 122 cm³/mol. The summed E-state index contributed by atoms with van der Waals surface area (Å²) in [4.78, 5) is 23.5. The number of aromatic nitrogens is 2. The van der Waals surface area contributed by atoms with Crippen molar-refractivity contribution in [2.45, 2.75) is 58.0 Å². The van der Waals surface area contributed by atoms with Gasteiger partial charge < -0.3 is 4.90 Å². The molecule has 0 amide bonds. The van der Waals surface area contributed by atoms with E-state index in [0.29, 0.717) is 12.5 Å². The maximum atomic E-state index is 13.5. The molecular weight excluding hydrogens is 372 g/mol. The number of aryl methyl sites for hydroxylation is 1. The lowest BCUT2D eigenvalue weighted by molar-refractivity contribution is 0.0990. The monoisotopic (exact) mass is 408 g/mol. The predicted octanol–water partition coefficient (Wildman–Crippen LogP) is 3.51. The Balaban J connectivity index is 1.70. The minimum Gasteiger partial charge on any atom is -0.309 e. The molecule has 162 valence electrons. The number of hydrogen-bond acceptors (Lipinski definition) is 4. The number of piperidine rings is 1.